The van der Waals surface area contributed by atoms with Gasteiger partial charge in [0.05, 0.1) is 5.02 Å². The summed E-state index contributed by atoms with van der Waals surface area (Å²) < 4.78 is 5.06. The molecule has 0 aromatic heterocycles. The molecule has 1 saturated heterocycles. The topological polar surface area (TPSA) is 70.0 Å². The van der Waals surface area contributed by atoms with Gasteiger partial charge in [-0.15, -0.1) is 0 Å². The number of carboxylic acid groups (broad SMARTS) is 1. The zero-order chi connectivity index (χ0) is 16.3. The maximum absolute atomic E-state index is 11.1. The van der Waals surface area contributed by atoms with Crippen LogP contribution in [0, 0.1) is 5.92 Å². The number of piperidine rings is 1. The van der Waals surface area contributed by atoms with Gasteiger partial charge in [0.25, 0.3) is 0 Å². The minimum absolute atomic E-state index is 0.00953. The number of aromatic hydroxyl groups is 1. The van der Waals surface area contributed by atoms with Crippen molar-refractivity contribution in [2.75, 3.05) is 20.2 Å². The number of hydrogen-bond donors (Lipinski definition) is 2. The van der Waals surface area contributed by atoms with E-state index in [1.165, 1.54) is 13.2 Å². The van der Waals surface area contributed by atoms with Crippen molar-refractivity contribution in [2.45, 2.75) is 25.5 Å². The zero-order valence-electron chi connectivity index (χ0n) is 12.3. The lowest BCUT2D eigenvalue weighted by Gasteiger charge is -2.34. The van der Waals surface area contributed by atoms with Crippen molar-refractivity contribution in [2.24, 2.45) is 5.92 Å². The van der Waals surface area contributed by atoms with Gasteiger partial charge in [0, 0.05) is 24.2 Å². The Hall–Kier alpha value is -1.01. The second kappa shape index (κ2) is 7.51. The molecular weight excluding hydrogens is 329 g/mol. The first-order valence-electron chi connectivity index (χ1n) is 7.07. The molecule has 1 aliphatic rings. The molecule has 2 N–H and O–H groups in total. The van der Waals surface area contributed by atoms with Crippen LogP contribution in [0.5, 0.6) is 5.75 Å². The fraction of sp³-hybridized carbons (Fsp3) is 0.533. The van der Waals surface area contributed by atoms with Crippen molar-refractivity contribution in [3.8, 4) is 5.75 Å². The van der Waals surface area contributed by atoms with E-state index in [1.54, 1.807) is 6.07 Å². The molecule has 0 amide bonds. The lowest BCUT2D eigenvalue weighted by Crippen LogP contribution is -2.41. The highest BCUT2D eigenvalue weighted by Gasteiger charge is 2.31. The fourth-order valence-electron chi connectivity index (χ4n) is 2.89. The molecule has 122 valence electrons. The molecule has 0 bridgehead atoms. The van der Waals surface area contributed by atoms with Crippen LogP contribution in [0.3, 0.4) is 0 Å². The van der Waals surface area contributed by atoms with Gasteiger partial charge in [-0.1, -0.05) is 23.2 Å². The number of benzene rings is 1. The van der Waals surface area contributed by atoms with Crippen molar-refractivity contribution in [3.63, 3.8) is 0 Å². The quantitative estimate of drug-likeness (QED) is 0.856. The highest BCUT2D eigenvalue weighted by molar-refractivity contribution is 6.35. The van der Waals surface area contributed by atoms with Gasteiger partial charge in [0.1, 0.15) is 5.75 Å². The average Bonchev–Trinajstić information content (AvgIpc) is 2.46. The van der Waals surface area contributed by atoms with Crippen LogP contribution in [0.1, 0.15) is 18.4 Å². The van der Waals surface area contributed by atoms with Crippen LogP contribution in [-0.2, 0) is 16.1 Å². The number of methoxy groups -OCH3 is 1. The van der Waals surface area contributed by atoms with E-state index >= 15 is 0 Å². The minimum atomic E-state index is -0.916. The molecule has 7 heteroatoms. The van der Waals surface area contributed by atoms with Crippen molar-refractivity contribution >= 4 is 29.2 Å². The summed E-state index contributed by atoms with van der Waals surface area (Å²) in [6.45, 7) is 2.01. The third-order valence-corrected chi connectivity index (χ3v) is 4.57. The second-order valence-electron chi connectivity index (χ2n) is 5.50. The van der Waals surface area contributed by atoms with E-state index in [-0.39, 0.29) is 16.7 Å². The minimum Gasteiger partial charge on any atom is -0.506 e. The number of carbonyl (C=O) groups is 1. The number of halogens is 2. The molecule has 22 heavy (non-hydrogen) atoms. The smallest absolute Gasteiger partial charge is 0.333 e. The van der Waals surface area contributed by atoms with E-state index in [4.69, 9.17) is 33.0 Å². The Kier molecular flexibility index (Phi) is 5.92. The van der Waals surface area contributed by atoms with Crippen LogP contribution in [-0.4, -0.2) is 47.4 Å². The van der Waals surface area contributed by atoms with Gasteiger partial charge in [-0.25, -0.2) is 4.79 Å². The first-order chi connectivity index (χ1) is 10.4. The largest absolute Gasteiger partial charge is 0.506 e. The van der Waals surface area contributed by atoms with Crippen molar-refractivity contribution in [1.29, 1.82) is 0 Å². The Bertz CT molecular complexity index is 545. The van der Waals surface area contributed by atoms with Crippen LogP contribution < -0.4 is 0 Å². The standard InChI is InChI=1S/C15H19Cl2NO4/c1-22-14(15(20)21)9-2-4-18(5-3-9)8-10-6-11(16)7-12(17)13(10)19/h6-7,9,14,19H,2-5,8H2,1H3,(H,20,21). The maximum Gasteiger partial charge on any atom is 0.333 e. The fourth-order valence-corrected chi connectivity index (χ4v) is 3.42. The number of hydrogen-bond acceptors (Lipinski definition) is 4. The Labute approximate surface area is 139 Å². The number of phenolic OH excluding ortho intramolecular Hbond substituents is 1. The first-order valence-corrected chi connectivity index (χ1v) is 7.82. The molecule has 1 atom stereocenters. The number of carboxylic acids is 1. The van der Waals surface area contributed by atoms with Gasteiger partial charge in [-0.2, -0.15) is 0 Å². The normalized spacial score (nSPS) is 18.3. The second-order valence-corrected chi connectivity index (χ2v) is 6.35. The summed E-state index contributed by atoms with van der Waals surface area (Å²) in [6.07, 6.45) is 0.718. The van der Waals surface area contributed by atoms with E-state index in [1.807, 2.05) is 0 Å². The molecule has 0 spiro atoms. The Morgan fingerprint density at radius 3 is 2.59 bits per heavy atom. The van der Waals surface area contributed by atoms with E-state index in [9.17, 15) is 9.90 Å². The first kappa shape index (κ1) is 17.3. The van der Waals surface area contributed by atoms with Gasteiger partial charge in [0.2, 0.25) is 0 Å². The SMILES string of the molecule is COC(C(=O)O)C1CCN(Cc2cc(Cl)cc(Cl)c2O)CC1. The van der Waals surface area contributed by atoms with Gasteiger partial charge in [0.15, 0.2) is 6.10 Å². The molecule has 1 aromatic rings. The van der Waals surface area contributed by atoms with Crippen LogP contribution in [0.2, 0.25) is 10.0 Å². The molecule has 1 fully saturated rings. The highest BCUT2D eigenvalue weighted by Crippen LogP contribution is 2.33. The molecule has 1 aromatic carbocycles. The summed E-state index contributed by atoms with van der Waals surface area (Å²) in [5.74, 6) is -0.857. The van der Waals surface area contributed by atoms with Gasteiger partial charge >= 0.3 is 5.97 Å². The molecule has 1 unspecified atom stereocenters. The van der Waals surface area contributed by atoms with E-state index in [0.29, 0.717) is 17.1 Å². The summed E-state index contributed by atoms with van der Waals surface area (Å²) in [6, 6.07) is 3.20. The van der Waals surface area contributed by atoms with E-state index in [2.05, 4.69) is 4.90 Å². The Morgan fingerprint density at radius 2 is 2.05 bits per heavy atom. The van der Waals surface area contributed by atoms with Gasteiger partial charge < -0.3 is 14.9 Å². The van der Waals surface area contributed by atoms with Crippen LogP contribution in [0.15, 0.2) is 12.1 Å². The van der Waals surface area contributed by atoms with Crippen LogP contribution in [0.4, 0.5) is 0 Å². The predicted octanol–water partition coefficient (Wildman–Crippen LogP) is 3.01. The summed E-state index contributed by atoms with van der Waals surface area (Å²) >= 11 is 11.9. The number of ether oxygens (including phenoxy) is 1. The number of aliphatic carboxylic acids is 1. The zero-order valence-corrected chi connectivity index (χ0v) is 13.8. The maximum atomic E-state index is 11.1. The molecule has 0 saturated carbocycles. The summed E-state index contributed by atoms with van der Waals surface area (Å²) in [7, 11) is 1.43. The van der Waals surface area contributed by atoms with Crippen LogP contribution >= 0.6 is 23.2 Å². The van der Waals surface area contributed by atoms with E-state index < -0.39 is 12.1 Å². The molecule has 5 nitrogen and oxygen atoms in total. The van der Waals surface area contributed by atoms with Gasteiger partial charge in [-0.05, 0) is 44.0 Å². The number of nitrogens with zero attached hydrogens (tertiary/aromatic N) is 1. The lowest BCUT2D eigenvalue weighted by atomic mass is 9.91. The number of phenols is 1. The summed E-state index contributed by atoms with van der Waals surface area (Å²) in [5, 5.41) is 19.8. The molecule has 1 aliphatic heterocycles. The van der Waals surface area contributed by atoms with E-state index in [0.717, 1.165) is 25.9 Å². The Balaban J connectivity index is 1.97. The highest BCUT2D eigenvalue weighted by atomic mass is 35.5. The molecule has 0 radical (unpaired) electrons. The van der Waals surface area contributed by atoms with Crippen molar-refractivity contribution < 1.29 is 19.7 Å². The monoisotopic (exact) mass is 347 g/mol. The molecular formula is C15H19Cl2NO4. The van der Waals surface area contributed by atoms with Gasteiger partial charge in [-0.3, -0.25) is 4.90 Å². The third-order valence-electron chi connectivity index (χ3n) is 4.06. The molecule has 1 heterocycles. The third kappa shape index (κ3) is 4.04. The summed E-state index contributed by atoms with van der Waals surface area (Å²) in [5.41, 5.74) is 0.678. The van der Waals surface area contributed by atoms with Crippen LogP contribution in [0.25, 0.3) is 0 Å². The predicted molar refractivity (Wildman–Crippen MR) is 84.6 cm³/mol. The van der Waals surface area contributed by atoms with Crippen molar-refractivity contribution in [1.82, 2.24) is 4.90 Å². The van der Waals surface area contributed by atoms with Crippen molar-refractivity contribution in [3.05, 3.63) is 27.7 Å². The molecule has 0 aliphatic carbocycles. The molecule has 2 rings (SSSR count). The average molecular weight is 348 g/mol. The Morgan fingerprint density at radius 1 is 1.41 bits per heavy atom. The summed E-state index contributed by atoms with van der Waals surface area (Å²) in [4.78, 5) is 13.3. The number of rotatable bonds is 5. The lowest BCUT2D eigenvalue weighted by molar-refractivity contribution is -0.153. The number of likely N-dealkylation sites (tertiary alicyclic amines) is 1.